The minimum atomic E-state index is -0.735. The van der Waals surface area contributed by atoms with Gasteiger partial charge in [0.2, 0.25) is 0 Å². The first-order chi connectivity index (χ1) is 13.0. The van der Waals surface area contributed by atoms with Crippen LogP contribution in [0.4, 0.5) is 20.3 Å². The highest BCUT2D eigenvalue weighted by molar-refractivity contribution is 5.71. The van der Waals surface area contributed by atoms with Crippen LogP contribution in [0, 0.1) is 11.6 Å². The molecule has 0 amide bonds. The van der Waals surface area contributed by atoms with Gasteiger partial charge in [-0.1, -0.05) is 25.3 Å². The van der Waals surface area contributed by atoms with Gasteiger partial charge in [-0.15, -0.1) is 0 Å². The molecule has 2 fully saturated rings. The van der Waals surface area contributed by atoms with Crippen LogP contribution in [0.2, 0.25) is 0 Å². The predicted molar refractivity (Wildman–Crippen MR) is 103 cm³/mol. The Labute approximate surface area is 158 Å². The van der Waals surface area contributed by atoms with Crippen LogP contribution < -0.4 is 10.6 Å². The molecule has 0 atom stereocenters. The predicted octanol–water partition coefficient (Wildman–Crippen LogP) is 4.71. The third-order valence-corrected chi connectivity index (χ3v) is 5.52. The molecule has 4 rings (SSSR count). The van der Waals surface area contributed by atoms with Crippen LogP contribution in [-0.4, -0.2) is 28.3 Å². The number of pyridine rings is 1. The molecule has 27 heavy (non-hydrogen) atoms. The second kappa shape index (κ2) is 7.43. The number of hydrogen-bond donors (Lipinski definition) is 3. The Kier molecular flexibility index (Phi) is 5.00. The van der Waals surface area contributed by atoms with Gasteiger partial charge < -0.3 is 15.7 Å². The molecule has 2 aromatic rings. The summed E-state index contributed by atoms with van der Waals surface area (Å²) >= 11 is 0. The van der Waals surface area contributed by atoms with E-state index >= 15 is 0 Å². The number of aliphatic hydroxyl groups is 1. The number of nitrogens with one attached hydrogen (secondary N) is 2. The molecule has 0 aliphatic heterocycles. The molecular formula is C21H25F2N3O. The molecule has 2 aliphatic carbocycles. The monoisotopic (exact) mass is 373 g/mol. The lowest BCUT2D eigenvalue weighted by molar-refractivity contribution is 0.164. The summed E-state index contributed by atoms with van der Waals surface area (Å²) in [4.78, 5) is 4.17. The van der Waals surface area contributed by atoms with Crippen molar-refractivity contribution in [1.82, 2.24) is 4.98 Å². The fraction of sp³-hybridized carbons (Fsp3) is 0.476. The van der Waals surface area contributed by atoms with Crippen LogP contribution in [0.25, 0.3) is 11.1 Å². The Morgan fingerprint density at radius 1 is 1.07 bits per heavy atom. The lowest BCUT2D eigenvalue weighted by atomic mass is 9.95. The fourth-order valence-electron chi connectivity index (χ4n) is 3.60. The summed E-state index contributed by atoms with van der Waals surface area (Å²) in [5.74, 6) is -0.218. The van der Waals surface area contributed by atoms with Crippen molar-refractivity contribution < 1.29 is 13.9 Å². The molecule has 0 spiro atoms. The summed E-state index contributed by atoms with van der Waals surface area (Å²) in [6.45, 7) is 0.292. The van der Waals surface area contributed by atoms with E-state index in [1.165, 1.54) is 31.5 Å². The van der Waals surface area contributed by atoms with Crippen LogP contribution in [0.5, 0.6) is 0 Å². The van der Waals surface area contributed by atoms with E-state index in [9.17, 15) is 13.9 Å². The number of halogens is 2. The number of aromatic nitrogens is 1. The Hall–Kier alpha value is -2.21. The number of rotatable bonds is 6. The number of benzene rings is 1. The number of nitrogens with zero attached hydrogens (tertiary/aromatic N) is 1. The maximum atomic E-state index is 14.4. The first-order valence-corrected chi connectivity index (χ1v) is 9.71. The summed E-state index contributed by atoms with van der Waals surface area (Å²) in [5.41, 5.74) is 0.497. The van der Waals surface area contributed by atoms with Crippen molar-refractivity contribution >= 4 is 11.5 Å². The zero-order valence-corrected chi connectivity index (χ0v) is 15.3. The van der Waals surface area contributed by atoms with Crippen LogP contribution in [0.3, 0.4) is 0 Å². The van der Waals surface area contributed by atoms with Gasteiger partial charge in [-0.2, -0.15) is 0 Å². The van der Waals surface area contributed by atoms with Crippen molar-refractivity contribution in [3.63, 3.8) is 0 Å². The van der Waals surface area contributed by atoms with Crippen molar-refractivity contribution in [3.05, 3.63) is 42.1 Å². The van der Waals surface area contributed by atoms with Crippen LogP contribution in [-0.2, 0) is 0 Å². The van der Waals surface area contributed by atoms with Gasteiger partial charge >= 0.3 is 0 Å². The average molecular weight is 373 g/mol. The molecule has 1 aromatic carbocycles. The van der Waals surface area contributed by atoms with E-state index in [0.717, 1.165) is 25.7 Å². The first kappa shape index (κ1) is 18.2. The molecule has 0 bridgehead atoms. The zero-order chi connectivity index (χ0) is 18.9. The zero-order valence-electron chi connectivity index (χ0n) is 15.3. The highest BCUT2D eigenvalue weighted by Gasteiger charge is 2.40. The minimum Gasteiger partial charge on any atom is -0.388 e. The standard InChI is InChI=1S/C21H25F2N3O/c22-17-7-6-14(10-19(17)25-13-21(27)8-9-21)16-11-20(24-12-18(16)23)26-15-4-2-1-3-5-15/h6-7,10-12,15,25,27H,1-5,8-9,13H2,(H,24,26). The third-order valence-electron chi connectivity index (χ3n) is 5.52. The van der Waals surface area contributed by atoms with Crippen molar-refractivity contribution in [2.24, 2.45) is 0 Å². The molecular weight excluding hydrogens is 348 g/mol. The molecule has 144 valence electrons. The second-order valence-electron chi connectivity index (χ2n) is 7.80. The van der Waals surface area contributed by atoms with Crippen molar-refractivity contribution in [2.75, 3.05) is 17.2 Å². The minimum absolute atomic E-state index is 0.269. The average Bonchev–Trinajstić information content (AvgIpc) is 3.41. The number of anilines is 2. The van der Waals surface area contributed by atoms with Crippen LogP contribution in [0.15, 0.2) is 30.5 Å². The van der Waals surface area contributed by atoms with Crippen molar-refractivity contribution in [1.29, 1.82) is 0 Å². The highest BCUT2D eigenvalue weighted by Crippen LogP contribution is 2.36. The van der Waals surface area contributed by atoms with E-state index in [2.05, 4.69) is 15.6 Å². The lowest BCUT2D eigenvalue weighted by Gasteiger charge is -2.23. The number of hydrogen-bond acceptors (Lipinski definition) is 4. The van der Waals surface area contributed by atoms with E-state index in [4.69, 9.17) is 0 Å². The Balaban J connectivity index is 1.55. The molecule has 0 saturated heterocycles. The maximum absolute atomic E-state index is 14.4. The molecule has 1 heterocycles. The first-order valence-electron chi connectivity index (χ1n) is 9.71. The second-order valence-corrected chi connectivity index (χ2v) is 7.80. The van der Waals surface area contributed by atoms with Crippen molar-refractivity contribution in [2.45, 2.75) is 56.6 Å². The summed E-state index contributed by atoms with van der Waals surface area (Å²) in [5, 5.41) is 16.3. The van der Waals surface area contributed by atoms with Gasteiger partial charge in [-0.3, -0.25) is 0 Å². The Morgan fingerprint density at radius 3 is 2.59 bits per heavy atom. The molecule has 4 nitrogen and oxygen atoms in total. The SMILES string of the molecule is OC1(CNc2cc(-c3cc(NC4CCCCC4)ncc3F)ccc2F)CC1. The molecule has 3 N–H and O–H groups in total. The molecule has 2 aliphatic rings. The van der Waals surface area contributed by atoms with Crippen LogP contribution in [0.1, 0.15) is 44.9 Å². The fourth-order valence-corrected chi connectivity index (χ4v) is 3.60. The molecule has 0 radical (unpaired) electrons. The van der Waals surface area contributed by atoms with Gasteiger partial charge in [0.15, 0.2) is 0 Å². The van der Waals surface area contributed by atoms with Gasteiger partial charge in [0.05, 0.1) is 17.5 Å². The lowest BCUT2D eigenvalue weighted by Crippen LogP contribution is -2.22. The topological polar surface area (TPSA) is 57.2 Å². The van der Waals surface area contributed by atoms with E-state index in [1.807, 2.05) is 0 Å². The molecule has 0 unspecified atom stereocenters. The summed E-state index contributed by atoms with van der Waals surface area (Å²) in [6.07, 6.45) is 8.51. The summed E-state index contributed by atoms with van der Waals surface area (Å²) in [6, 6.07) is 6.53. The molecule has 1 aromatic heterocycles. The van der Waals surface area contributed by atoms with Crippen LogP contribution >= 0.6 is 0 Å². The smallest absolute Gasteiger partial charge is 0.149 e. The van der Waals surface area contributed by atoms with Gasteiger partial charge in [0.1, 0.15) is 17.5 Å². The maximum Gasteiger partial charge on any atom is 0.149 e. The Bertz CT molecular complexity index is 817. The largest absolute Gasteiger partial charge is 0.388 e. The van der Waals surface area contributed by atoms with Gasteiger partial charge in [0, 0.05) is 18.2 Å². The van der Waals surface area contributed by atoms with Gasteiger partial charge in [-0.25, -0.2) is 13.8 Å². The highest BCUT2D eigenvalue weighted by atomic mass is 19.1. The Morgan fingerprint density at radius 2 is 1.85 bits per heavy atom. The van der Waals surface area contributed by atoms with E-state index in [0.29, 0.717) is 29.5 Å². The quantitative estimate of drug-likeness (QED) is 0.686. The van der Waals surface area contributed by atoms with E-state index in [-0.39, 0.29) is 5.69 Å². The molecule has 6 heteroatoms. The summed E-state index contributed by atoms with van der Waals surface area (Å²) in [7, 11) is 0. The van der Waals surface area contributed by atoms with E-state index < -0.39 is 17.2 Å². The summed E-state index contributed by atoms with van der Waals surface area (Å²) < 4.78 is 28.5. The van der Waals surface area contributed by atoms with Crippen molar-refractivity contribution in [3.8, 4) is 11.1 Å². The normalized spacial score (nSPS) is 18.9. The van der Waals surface area contributed by atoms with E-state index in [1.54, 1.807) is 18.2 Å². The molecule has 2 saturated carbocycles. The van der Waals surface area contributed by atoms with Gasteiger partial charge in [-0.05, 0) is 49.4 Å². The third kappa shape index (κ3) is 4.38. The van der Waals surface area contributed by atoms with Gasteiger partial charge in [0.25, 0.3) is 0 Å².